The molecule has 2 atom stereocenters. The third-order valence-electron chi connectivity index (χ3n) is 4.39. The Kier molecular flexibility index (Phi) is 5.11. The highest BCUT2D eigenvalue weighted by Crippen LogP contribution is 2.46. The molecule has 1 aliphatic carbocycles. The lowest BCUT2D eigenvalue weighted by atomic mass is 9.72. The Morgan fingerprint density at radius 2 is 1.83 bits per heavy atom. The van der Waals surface area contributed by atoms with Crippen LogP contribution in [0.4, 0.5) is 4.79 Å². The van der Waals surface area contributed by atoms with Gasteiger partial charge < -0.3 is 10.1 Å². The molecule has 1 N–H and O–H groups in total. The van der Waals surface area contributed by atoms with E-state index in [-0.39, 0.29) is 11.6 Å². The van der Waals surface area contributed by atoms with E-state index >= 15 is 0 Å². The number of hydrogen-bond donors (Lipinski definition) is 1. The van der Waals surface area contributed by atoms with Crippen LogP contribution < -0.4 is 5.32 Å². The van der Waals surface area contributed by atoms with Gasteiger partial charge in [-0.1, -0.05) is 30.3 Å². The van der Waals surface area contributed by atoms with Crippen molar-refractivity contribution in [3.05, 3.63) is 35.9 Å². The largest absolute Gasteiger partial charge is 0.444 e. The summed E-state index contributed by atoms with van der Waals surface area (Å²) >= 11 is 0. The summed E-state index contributed by atoms with van der Waals surface area (Å²) in [6.45, 7) is 6.73. The van der Waals surface area contributed by atoms with E-state index in [2.05, 4.69) is 5.32 Å². The van der Waals surface area contributed by atoms with Crippen molar-refractivity contribution in [3.8, 4) is 0 Å². The Labute approximate surface area is 142 Å². The van der Waals surface area contributed by atoms with Crippen molar-refractivity contribution in [2.45, 2.75) is 58.6 Å². The molecule has 1 saturated carbocycles. The van der Waals surface area contributed by atoms with E-state index in [0.717, 1.165) is 5.56 Å². The fourth-order valence-corrected chi connectivity index (χ4v) is 3.33. The molecule has 1 aromatic carbocycles. The predicted octanol–water partition coefficient (Wildman–Crippen LogP) is 3.58. The topological polar surface area (TPSA) is 72.5 Å². The molecule has 1 amide bonds. The molecule has 0 heterocycles. The van der Waals surface area contributed by atoms with Crippen molar-refractivity contribution < 1.29 is 19.1 Å². The van der Waals surface area contributed by atoms with Gasteiger partial charge in [0, 0.05) is 6.42 Å². The highest BCUT2D eigenvalue weighted by Gasteiger charge is 2.53. The summed E-state index contributed by atoms with van der Waals surface area (Å²) in [6.07, 6.45) is 0.823. The van der Waals surface area contributed by atoms with Gasteiger partial charge in [0.25, 0.3) is 0 Å². The van der Waals surface area contributed by atoms with Crippen LogP contribution in [0.25, 0.3) is 0 Å². The van der Waals surface area contributed by atoms with E-state index in [1.807, 2.05) is 30.3 Å². The van der Waals surface area contributed by atoms with Gasteiger partial charge >= 0.3 is 6.09 Å². The molecule has 5 heteroatoms. The smallest absolute Gasteiger partial charge is 0.408 e. The molecule has 24 heavy (non-hydrogen) atoms. The number of alkyl carbamates (subject to hydrolysis) is 1. The summed E-state index contributed by atoms with van der Waals surface area (Å²) in [5, 5.41) is 2.78. The predicted molar refractivity (Wildman–Crippen MR) is 90.5 cm³/mol. The van der Waals surface area contributed by atoms with Crippen LogP contribution in [0.15, 0.2) is 30.3 Å². The van der Waals surface area contributed by atoms with Crippen molar-refractivity contribution in [1.29, 1.82) is 0 Å². The van der Waals surface area contributed by atoms with Gasteiger partial charge in [0.1, 0.15) is 22.6 Å². The summed E-state index contributed by atoms with van der Waals surface area (Å²) < 4.78 is 5.34. The van der Waals surface area contributed by atoms with Crippen molar-refractivity contribution >= 4 is 17.7 Å². The van der Waals surface area contributed by atoms with Crippen LogP contribution in [0.1, 0.15) is 58.6 Å². The molecule has 0 unspecified atom stereocenters. The van der Waals surface area contributed by atoms with Crippen LogP contribution in [0.2, 0.25) is 0 Å². The number of nitrogens with one attached hydrogen (secondary N) is 1. The van der Waals surface area contributed by atoms with Gasteiger partial charge in [-0.25, -0.2) is 4.79 Å². The molecule has 0 aliphatic heterocycles. The summed E-state index contributed by atoms with van der Waals surface area (Å²) in [6, 6.07) is 8.42. The highest BCUT2D eigenvalue weighted by atomic mass is 16.6. The molecule has 0 spiro atoms. The van der Waals surface area contributed by atoms with Crippen LogP contribution >= 0.6 is 0 Å². The van der Waals surface area contributed by atoms with Gasteiger partial charge in [-0.2, -0.15) is 0 Å². The first-order valence-corrected chi connectivity index (χ1v) is 8.25. The van der Waals surface area contributed by atoms with Gasteiger partial charge in [0.15, 0.2) is 0 Å². The molecule has 0 bridgehead atoms. The Hall–Kier alpha value is -2.17. The molecule has 5 nitrogen and oxygen atoms in total. The number of Topliss-reactive ketones (excluding diaryl/α,β-unsaturated/α-hetero) is 2. The van der Waals surface area contributed by atoms with Crippen molar-refractivity contribution in [2.24, 2.45) is 5.41 Å². The molecule has 130 valence electrons. The number of carbonyl (C=O) groups excluding carboxylic acids is 3. The zero-order chi connectivity index (χ0) is 18.0. The zero-order valence-corrected chi connectivity index (χ0v) is 14.7. The Morgan fingerprint density at radius 3 is 2.29 bits per heavy atom. The Balaban J connectivity index is 2.42. The summed E-state index contributed by atoms with van der Waals surface area (Å²) in [5.41, 5.74) is -1.14. The highest BCUT2D eigenvalue weighted by molar-refractivity contribution is 6.08. The third-order valence-corrected chi connectivity index (χ3v) is 4.39. The second-order valence-electron chi connectivity index (χ2n) is 7.29. The monoisotopic (exact) mass is 331 g/mol. The summed E-state index contributed by atoms with van der Waals surface area (Å²) in [7, 11) is 0. The SMILES string of the molecule is CC(=O)[C@]1([C@H](NC(=O)OC(C)(C)C)c2ccccc2)CCCC1=O. The number of amides is 1. The number of benzene rings is 1. The third kappa shape index (κ3) is 3.66. The van der Waals surface area contributed by atoms with E-state index in [1.54, 1.807) is 20.8 Å². The summed E-state index contributed by atoms with van der Waals surface area (Å²) in [4.78, 5) is 37.4. The minimum atomic E-state index is -1.21. The van der Waals surface area contributed by atoms with E-state index in [0.29, 0.717) is 19.3 Å². The van der Waals surface area contributed by atoms with Crippen LogP contribution in [0, 0.1) is 5.41 Å². The van der Waals surface area contributed by atoms with E-state index in [4.69, 9.17) is 4.74 Å². The van der Waals surface area contributed by atoms with Gasteiger partial charge in [0.2, 0.25) is 0 Å². The van der Waals surface area contributed by atoms with E-state index < -0.39 is 23.2 Å². The first-order valence-electron chi connectivity index (χ1n) is 8.25. The molecular formula is C19H25NO4. The fourth-order valence-electron chi connectivity index (χ4n) is 3.33. The molecule has 2 rings (SSSR count). The quantitative estimate of drug-likeness (QED) is 0.856. The van der Waals surface area contributed by atoms with Gasteiger partial charge in [-0.05, 0) is 46.1 Å². The maximum absolute atomic E-state index is 12.6. The first-order chi connectivity index (χ1) is 11.2. The maximum atomic E-state index is 12.6. The molecule has 0 radical (unpaired) electrons. The first kappa shape index (κ1) is 18.2. The Morgan fingerprint density at radius 1 is 1.21 bits per heavy atom. The maximum Gasteiger partial charge on any atom is 0.408 e. The number of hydrogen-bond acceptors (Lipinski definition) is 4. The molecule has 0 saturated heterocycles. The number of rotatable bonds is 4. The second kappa shape index (κ2) is 6.75. The fraction of sp³-hybridized carbons (Fsp3) is 0.526. The lowest BCUT2D eigenvalue weighted by Crippen LogP contribution is -2.48. The van der Waals surface area contributed by atoms with Crippen LogP contribution in [-0.2, 0) is 14.3 Å². The lowest BCUT2D eigenvalue weighted by molar-refractivity contribution is -0.139. The molecular weight excluding hydrogens is 306 g/mol. The van der Waals surface area contributed by atoms with Crippen LogP contribution in [0.5, 0.6) is 0 Å². The Bertz CT molecular complexity index is 633. The van der Waals surface area contributed by atoms with E-state index in [1.165, 1.54) is 6.92 Å². The molecule has 0 aromatic heterocycles. The second-order valence-corrected chi connectivity index (χ2v) is 7.29. The van der Waals surface area contributed by atoms with E-state index in [9.17, 15) is 14.4 Å². The van der Waals surface area contributed by atoms with Crippen molar-refractivity contribution in [3.63, 3.8) is 0 Å². The number of ether oxygens (including phenoxy) is 1. The molecule has 1 fully saturated rings. The van der Waals surface area contributed by atoms with Crippen molar-refractivity contribution in [1.82, 2.24) is 5.32 Å². The van der Waals surface area contributed by atoms with Gasteiger partial charge in [0.05, 0.1) is 6.04 Å². The standard InChI is InChI=1S/C19H25NO4/c1-13(21)19(12-8-11-15(19)22)16(14-9-6-5-7-10-14)20-17(23)24-18(2,3)4/h5-7,9-10,16H,8,11-12H2,1-4H3,(H,20,23)/t16-,19-/m1/s1. The van der Waals surface area contributed by atoms with Gasteiger partial charge in [-0.3, -0.25) is 9.59 Å². The van der Waals surface area contributed by atoms with Crippen LogP contribution in [0.3, 0.4) is 0 Å². The summed E-state index contributed by atoms with van der Waals surface area (Å²) in [5.74, 6) is -0.324. The zero-order valence-electron chi connectivity index (χ0n) is 14.7. The van der Waals surface area contributed by atoms with Gasteiger partial charge in [-0.15, -0.1) is 0 Å². The lowest BCUT2D eigenvalue weighted by Gasteiger charge is -2.35. The normalized spacial score (nSPS) is 22.1. The number of carbonyl (C=O) groups is 3. The average Bonchev–Trinajstić information content (AvgIpc) is 2.86. The average molecular weight is 331 g/mol. The molecule has 1 aliphatic rings. The van der Waals surface area contributed by atoms with Crippen molar-refractivity contribution in [2.75, 3.05) is 0 Å². The minimum Gasteiger partial charge on any atom is -0.444 e. The minimum absolute atomic E-state index is 0.111. The molecule has 1 aromatic rings. The van der Waals surface area contributed by atoms with Crippen LogP contribution in [-0.4, -0.2) is 23.3 Å². The number of ketones is 2.